The molecule has 6 aliphatic heterocycles. The van der Waals surface area contributed by atoms with Crippen LogP contribution in [0.1, 0.15) is 56.6 Å². The molecule has 7 heteroatoms. The number of benzene rings is 4. The predicted octanol–water partition coefficient (Wildman–Crippen LogP) is 6.66. The van der Waals surface area contributed by atoms with E-state index in [2.05, 4.69) is 54.2 Å². The molecule has 0 saturated heterocycles. The van der Waals surface area contributed by atoms with Gasteiger partial charge in [0, 0.05) is 37.2 Å². The van der Waals surface area contributed by atoms with E-state index in [-0.39, 0.29) is 17.8 Å². The molecule has 0 aromatic heterocycles. The predicted molar refractivity (Wildman–Crippen MR) is 176 cm³/mol. The molecule has 2 atom stereocenters. The van der Waals surface area contributed by atoms with Crippen LogP contribution in [0, 0.1) is 0 Å². The Morgan fingerprint density at radius 2 is 1.40 bits per heavy atom. The average molecular weight is 607 g/mol. The van der Waals surface area contributed by atoms with E-state index in [4.69, 9.17) is 18.9 Å². The molecule has 0 saturated carbocycles. The fourth-order valence-corrected chi connectivity index (χ4v) is 7.60. The number of nitrogens with zero attached hydrogens (tertiary/aromatic N) is 2. The number of hydrogen-bond acceptors (Lipinski definition) is 7. The van der Waals surface area contributed by atoms with Gasteiger partial charge in [0.15, 0.2) is 23.0 Å². The van der Waals surface area contributed by atoms with Gasteiger partial charge < -0.3 is 24.1 Å². The zero-order valence-electron chi connectivity index (χ0n) is 26.9. The van der Waals surface area contributed by atoms with E-state index < -0.39 is 0 Å². The second kappa shape index (κ2) is 12.0. The summed E-state index contributed by atoms with van der Waals surface area (Å²) in [5, 5.41) is 10.8. The molecule has 234 valence electrons. The lowest BCUT2D eigenvalue weighted by Crippen LogP contribution is -2.34. The molecular weight excluding hydrogens is 564 g/mol. The molecule has 0 unspecified atom stereocenters. The number of phenolic OH excluding ortho intramolecular Hbond substituents is 1. The van der Waals surface area contributed by atoms with Gasteiger partial charge >= 0.3 is 0 Å². The highest BCUT2D eigenvalue weighted by Gasteiger charge is 2.33. The molecule has 1 N–H and O–H groups in total. The Morgan fingerprint density at radius 1 is 0.711 bits per heavy atom. The molecule has 10 rings (SSSR count). The van der Waals surface area contributed by atoms with E-state index in [1.165, 1.54) is 27.8 Å². The van der Waals surface area contributed by atoms with Crippen molar-refractivity contribution >= 4 is 0 Å². The van der Waals surface area contributed by atoms with Gasteiger partial charge in [0.2, 0.25) is 0 Å². The summed E-state index contributed by atoms with van der Waals surface area (Å²) in [7, 11) is 9.63. The standard InChI is InChI=1S/C38H42N2O5/c1-39-14-12-25-19-27-20-30-37-26(21-36(43-4)38(30)44-5)13-15-40(2)32(37)17-24-8-11-33(41)35(18-24)45-28-9-6-23(7-10-28)16-31(39)29(25)22-34(27)42-3/h6-11,18-19,21-22,31-32,41H,12-17,20H2,1-5H3/t31-,32+/m0/s1. The second-order valence-corrected chi connectivity index (χ2v) is 12.7. The third-order valence-corrected chi connectivity index (χ3v) is 10.1. The van der Waals surface area contributed by atoms with Crippen molar-refractivity contribution in [2.24, 2.45) is 0 Å². The van der Waals surface area contributed by atoms with Crippen LogP contribution in [0.4, 0.5) is 0 Å². The minimum Gasteiger partial charge on any atom is -0.504 e. The summed E-state index contributed by atoms with van der Waals surface area (Å²) in [6.07, 6.45) is 4.19. The maximum absolute atomic E-state index is 10.8. The molecule has 0 radical (unpaired) electrons. The maximum atomic E-state index is 10.8. The number of methoxy groups -OCH3 is 3. The van der Waals surface area contributed by atoms with E-state index in [0.717, 1.165) is 72.7 Å². The molecule has 0 fully saturated rings. The van der Waals surface area contributed by atoms with Crippen molar-refractivity contribution in [2.45, 2.75) is 44.2 Å². The van der Waals surface area contributed by atoms with Crippen LogP contribution in [0.25, 0.3) is 0 Å². The number of rotatable bonds is 3. The number of likely N-dealkylation sites (N-methyl/N-ethyl adjacent to an activating group) is 2. The average Bonchev–Trinajstić information content (AvgIpc) is 3.05. The van der Waals surface area contributed by atoms with Crippen molar-refractivity contribution in [3.63, 3.8) is 0 Å². The van der Waals surface area contributed by atoms with Crippen LogP contribution in [0.5, 0.6) is 34.5 Å². The van der Waals surface area contributed by atoms with Crippen molar-refractivity contribution in [2.75, 3.05) is 48.5 Å². The number of phenols is 1. The molecule has 0 spiro atoms. The number of hydrogen-bond donors (Lipinski definition) is 1. The van der Waals surface area contributed by atoms with Crippen molar-refractivity contribution in [1.82, 2.24) is 9.80 Å². The number of aromatic hydroxyl groups is 1. The first kappa shape index (κ1) is 29.5. The van der Waals surface area contributed by atoms with Crippen LogP contribution in [0.3, 0.4) is 0 Å². The van der Waals surface area contributed by atoms with Crippen molar-refractivity contribution in [1.29, 1.82) is 0 Å². The molecule has 6 heterocycles. The molecule has 7 nitrogen and oxygen atoms in total. The molecule has 0 amide bonds. The normalized spacial score (nSPS) is 19.6. The van der Waals surface area contributed by atoms with Gasteiger partial charge in [-0.1, -0.05) is 24.3 Å². The quantitative estimate of drug-likeness (QED) is 0.280. The molecule has 6 aliphatic rings. The maximum Gasteiger partial charge on any atom is 0.169 e. The summed E-state index contributed by atoms with van der Waals surface area (Å²) in [6.45, 7) is 1.92. The minimum absolute atomic E-state index is 0.0870. The van der Waals surface area contributed by atoms with Crippen molar-refractivity contribution in [3.05, 3.63) is 105 Å². The fourth-order valence-electron chi connectivity index (χ4n) is 7.60. The summed E-state index contributed by atoms with van der Waals surface area (Å²) < 4.78 is 24.4. The highest BCUT2D eigenvalue weighted by Crippen LogP contribution is 2.46. The molecule has 4 aromatic rings. The Hall–Kier alpha value is -4.20. The van der Waals surface area contributed by atoms with Gasteiger partial charge in [0.1, 0.15) is 11.5 Å². The Morgan fingerprint density at radius 3 is 2.13 bits per heavy atom. The monoisotopic (exact) mass is 606 g/mol. The third kappa shape index (κ3) is 5.38. The minimum atomic E-state index is 0.0870. The van der Waals surface area contributed by atoms with Crippen LogP contribution in [0.2, 0.25) is 0 Å². The summed E-state index contributed by atoms with van der Waals surface area (Å²) in [5.74, 6) is 3.73. The van der Waals surface area contributed by atoms with Crippen molar-refractivity contribution in [3.8, 4) is 34.5 Å². The Kier molecular flexibility index (Phi) is 7.84. The van der Waals surface area contributed by atoms with Crippen LogP contribution in [-0.4, -0.2) is 63.4 Å². The highest BCUT2D eigenvalue weighted by molar-refractivity contribution is 5.60. The van der Waals surface area contributed by atoms with Gasteiger partial charge in [-0.15, -0.1) is 0 Å². The Labute approximate surface area is 265 Å². The van der Waals surface area contributed by atoms with Gasteiger partial charge in [0.25, 0.3) is 0 Å². The van der Waals surface area contributed by atoms with E-state index >= 15 is 0 Å². The summed E-state index contributed by atoms with van der Waals surface area (Å²) in [6, 6.07) is 21.1. The van der Waals surface area contributed by atoms with Gasteiger partial charge in [-0.25, -0.2) is 0 Å². The van der Waals surface area contributed by atoms with E-state index in [0.29, 0.717) is 17.9 Å². The smallest absolute Gasteiger partial charge is 0.169 e. The van der Waals surface area contributed by atoms with Crippen LogP contribution < -0.4 is 18.9 Å². The van der Waals surface area contributed by atoms with Crippen LogP contribution >= 0.6 is 0 Å². The largest absolute Gasteiger partial charge is 0.504 e. The van der Waals surface area contributed by atoms with E-state index in [1.54, 1.807) is 27.4 Å². The van der Waals surface area contributed by atoms with Gasteiger partial charge in [-0.3, -0.25) is 9.80 Å². The van der Waals surface area contributed by atoms with Gasteiger partial charge in [-0.2, -0.15) is 0 Å². The van der Waals surface area contributed by atoms with E-state index in [9.17, 15) is 5.11 Å². The SMILES string of the molecule is COc1cc2c3cc1Cc1c(OC)c(OC)cc4c1[C@@H](Cc1ccc(O)c(c1)Oc1ccc(cc1)C[C@@H]2N(C)CC3)N(C)CC4. The van der Waals surface area contributed by atoms with Gasteiger partial charge in [0.05, 0.1) is 21.3 Å². The first-order chi connectivity index (χ1) is 21.9. The highest BCUT2D eigenvalue weighted by atomic mass is 16.5. The van der Waals surface area contributed by atoms with Crippen LogP contribution in [-0.2, 0) is 32.1 Å². The first-order valence-corrected chi connectivity index (χ1v) is 15.8. The topological polar surface area (TPSA) is 63.6 Å². The zero-order chi connectivity index (χ0) is 31.2. The second-order valence-electron chi connectivity index (χ2n) is 12.7. The third-order valence-electron chi connectivity index (χ3n) is 10.1. The van der Waals surface area contributed by atoms with Crippen molar-refractivity contribution < 1.29 is 24.1 Å². The molecule has 8 bridgehead atoms. The Balaban J connectivity index is 1.46. The Bertz CT molecular complexity index is 1730. The van der Waals surface area contributed by atoms with E-state index in [1.807, 2.05) is 24.3 Å². The summed E-state index contributed by atoms with van der Waals surface area (Å²) >= 11 is 0. The molecule has 4 aromatic carbocycles. The van der Waals surface area contributed by atoms with Crippen LogP contribution in [0.15, 0.2) is 60.7 Å². The molecule has 0 aliphatic carbocycles. The lowest BCUT2D eigenvalue weighted by atomic mass is 9.82. The lowest BCUT2D eigenvalue weighted by Gasteiger charge is -2.38. The van der Waals surface area contributed by atoms with Gasteiger partial charge in [-0.05, 0) is 115 Å². The zero-order valence-corrected chi connectivity index (χ0v) is 26.9. The lowest BCUT2D eigenvalue weighted by molar-refractivity contribution is 0.226. The fraction of sp³-hybridized carbons (Fsp3) is 0.368. The first-order valence-electron chi connectivity index (χ1n) is 15.8. The summed E-state index contributed by atoms with van der Waals surface area (Å²) in [4.78, 5) is 4.87. The molecule has 45 heavy (non-hydrogen) atoms. The number of ether oxygens (including phenoxy) is 4. The summed E-state index contributed by atoms with van der Waals surface area (Å²) in [5.41, 5.74) is 9.87. The molecular formula is C38H42N2O5.